The van der Waals surface area contributed by atoms with Crippen molar-refractivity contribution < 1.29 is 4.79 Å². The van der Waals surface area contributed by atoms with Crippen molar-refractivity contribution in [3.63, 3.8) is 0 Å². The molecule has 126 valence electrons. The van der Waals surface area contributed by atoms with Crippen LogP contribution < -0.4 is 4.90 Å². The zero-order chi connectivity index (χ0) is 17.1. The lowest BCUT2D eigenvalue weighted by atomic mass is 10.2. The van der Waals surface area contributed by atoms with Gasteiger partial charge in [0.15, 0.2) is 0 Å². The Labute approximate surface area is 147 Å². The Bertz CT molecular complexity index is 732. The van der Waals surface area contributed by atoms with Gasteiger partial charge in [-0.2, -0.15) is 0 Å². The minimum absolute atomic E-state index is 0.0561. The van der Waals surface area contributed by atoms with Crippen LogP contribution in [0.5, 0.6) is 0 Å². The second-order valence-corrected chi connectivity index (χ2v) is 6.50. The van der Waals surface area contributed by atoms with Crippen molar-refractivity contribution in [2.75, 3.05) is 31.1 Å². The SMILES string of the molecule is Cc1cnc(C)c(N2CCCN(C(=O)c3ccc(Cl)cc3)CC2)n1. The van der Waals surface area contributed by atoms with Crippen molar-refractivity contribution in [3.05, 3.63) is 52.4 Å². The number of aryl methyl sites for hydroxylation is 2. The number of carbonyl (C=O) groups is 1. The maximum atomic E-state index is 12.7. The molecule has 2 aromatic rings. The normalized spacial score (nSPS) is 15.3. The molecule has 3 rings (SSSR count). The first-order chi connectivity index (χ1) is 11.5. The predicted octanol–water partition coefficient (Wildman–Crippen LogP) is 3.10. The van der Waals surface area contributed by atoms with E-state index in [9.17, 15) is 4.79 Å². The van der Waals surface area contributed by atoms with E-state index < -0.39 is 0 Å². The van der Waals surface area contributed by atoms with Crippen molar-refractivity contribution in [1.82, 2.24) is 14.9 Å². The molecule has 1 fully saturated rings. The summed E-state index contributed by atoms with van der Waals surface area (Å²) in [4.78, 5) is 25.8. The van der Waals surface area contributed by atoms with Crippen molar-refractivity contribution in [3.8, 4) is 0 Å². The number of nitrogens with zero attached hydrogens (tertiary/aromatic N) is 4. The minimum atomic E-state index is 0.0561. The molecular weight excluding hydrogens is 324 g/mol. The number of hydrogen-bond acceptors (Lipinski definition) is 4. The first-order valence-corrected chi connectivity index (χ1v) is 8.52. The van der Waals surface area contributed by atoms with Crippen LogP contribution >= 0.6 is 11.6 Å². The fraction of sp³-hybridized carbons (Fsp3) is 0.389. The number of benzene rings is 1. The molecule has 0 unspecified atom stereocenters. The van der Waals surface area contributed by atoms with Crippen LogP contribution in [0.2, 0.25) is 5.02 Å². The summed E-state index contributed by atoms with van der Waals surface area (Å²) >= 11 is 5.90. The van der Waals surface area contributed by atoms with Crippen molar-refractivity contribution in [2.24, 2.45) is 0 Å². The average Bonchev–Trinajstić information content (AvgIpc) is 2.83. The topological polar surface area (TPSA) is 49.3 Å². The van der Waals surface area contributed by atoms with Crippen LogP contribution in [0.3, 0.4) is 0 Å². The predicted molar refractivity (Wildman–Crippen MR) is 95.7 cm³/mol. The van der Waals surface area contributed by atoms with Gasteiger partial charge in [0.2, 0.25) is 0 Å². The van der Waals surface area contributed by atoms with Gasteiger partial charge in [-0.3, -0.25) is 9.78 Å². The molecule has 24 heavy (non-hydrogen) atoms. The van der Waals surface area contributed by atoms with Gasteiger partial charge in [-0.1, -0.05) is 11.6 Å². The first kappa shape index (κ1) is 16.7. The smallest absolute Gasteiger partial charge is 0.253 e. The Morgan fingerprint density at radius 1 is 1.08 bits per heavy atom. The number of halogens is 1. The molecular formula is C18H21ClN4O. The largest absolute Gasteiger partial charge is 0.353 e. The molecule has 1 aliphatic rings. The van der Waals surface area contributed by atoms with E-state index in [1.165, 1.54) is 0 Å². The molecule has 1 aromatic carbocycles. The number of carbonyl (C=O) groups excluding carboxylic acids is 1. The lowest BCUT2D eigenvalue weighted by Crippen LogP contribution is -2.35. The summed E-state index contributed by atoms with van der Waals surface area (Å²) in [6.45, 7) is 6.99. The first-order valence-electron chi connectivity index (χ1n) is 8.14. The second-order valence-electron chi connectivity index (χ2n) is 6.06. The summed E-state index contributed by atoms with van der Waals surface area (Å²) < 4.78 is 0. The molecule has 6 heteroatoms. The Morgan fingerprint density at radius 3 is 2.58 bits per heavy atom. The Morgan fingerprint density at radius 2 is 1.83 bits per heavy atom. The van der Waals surface area contributed by atoms with E-state index in [0.717, 1.165) is 43.3 Å². The second kappa shape index (κ2) is 7.18. The number of anilines is 1. The molecule has 1 aliphatic heterocycles. The Hall–Kier alpha value is -2.14. The van der Waals surface area contributed by atoms with Crippen LogP contribution in [0.1, 0.15) is 28.2 Å². The quantitative estimate of drug-likeness (QED) is 0.840. The zero-order valence-electron chi connectivity index (χ0n) is 14.0. The van der Waals surface area contributed by atoms with Gasteiger partial charge in [0, 0.05) is 43.0 Å². The standard InChI is InChI=1S/C18H21ClN4O/c1-13-12-20-14(2)17(21-13)22-8-3-9-23(11-10-22)18(24)15-4-6-16(19)7-5-15/h4-7,12H,3,8-11H2,1-2H3. The summed E-state index contributed by atoms with van der Waals surface area (Å²) in [5.74, 6) is 0.983. The van der Waals surface area contributed by atoms with Gasteiger partial charge in [0.25, 0.3) is 5.91 Å². The van der Waals surface area contributed by atoms with Crippen LogP contribution in [0.15, 0.2) is 30.5 Å². The molecule has 0 radical (unpaired) electrons. The minimum Gasteiger partial charge on any atom is -0.353 e. The van der Waals surface area contributed by atoms with E-state index in [0.29, 0.717) is 17.1 Å². The molecule has 2 heterocycles. The number of aromatic nitrogens is 2. The highest BCUT2D eigenvalue weighted by Crippen LogP contribution is 2.19. The van der Waals surface area contributed by atoms with Crippen molar-refractivity contribution >= 4 is 23.3 Å². The van der Waals surface area contributed by atoms with Crippen LogP contribution in [-0.2, 0) is 0 Å². The van der Waals surface area contributed by atoms with E-state index in [4.69, 9.17) is 11.6 Å². The summed E-state index contributed by atoms with van der Waals surface area (Å²) in [7, 11) is 0. The van der Waals surface area contributed by atoms with Gasteiger partial charge < -0.3 is 9.80 Å². The summed E-state index contributed by atoms with van der Waals surface area (Å²) in [5, 5.41) is 0.641. The third-order valence-corrected chi connectivity index (χ3v) is 4.48. The molecule has 1 amide bonds. The molecule has 1 aromatic heterocycles. The van der Waals surface area contributed by atoms with Crippen molar-refractivity contribution in [1.29, 1.82) is 0 Å². The molecule has 0 spiro atoms. The fourth-order valence-electron chi connectivity index (χ4n) is 2.93. The maximum absolute atomic E-state index is 12.7. The van der Waals surface area contributed by atoms with Gasteiger partial charge in [-0.05, 0) is 44.5 Å². The molecule has 0 atom stereocenters. The van der Waals surface area contributed by atoms with Crippen LogP contribution in [0.4, 0.5) is 5.82 Å². The van der Waals surface area contributed by atoms with Crippen LogP contribution in [0.25, 0.3) is 0 Å². The molecule has 5 nitrogen and oxygen atoms in total. The molecule has 0 bridgehead atoms. The highest BCUT2D eigenvalue weighted by Gasteiger charge is 2.22. The Balaban J connectivity index is 1.72. The lowest BCUT2D eigenvalue weighted by molar-refractivity contribution is 0.0767. The van der Waals surface area contributed by atoms with E-state index in [1.807, 2.05) is 18.7 Å². The van der Waals surface area contributed by atoms with Crippen LogP contribution in [0, 0.1) is 13.8 Å². The third-order valence-electron chi connectivity index (χ3n) is 4.22. The Kier molecular flexibility index (Phi) is 5.00. The molecule has 0 saturated carbocycles. The van der Waals surface area contributed by atoms with Crippen LogP contribution in [-0.4, -0.2) is 47.0 Å². The van der Waals surface area contributed by atoms with Crippen molar-refractivity contribution in [2.45, 2.75) is 20.3 Å². The van der Waals surface area contributed by atoms with E-state index in [1.54, 1.807) is 30.5 Å². The summed E-state index contributed by atoms with van der Waals surface area (Å²) in [6, 6.07) is 7.07. The molecule has 0 aliphatic carbocycles. The maximum Gasteiger partial charge on any atom is 0.253 e. The van der Waals surface area contributed by atoms with E-state index in [2.05, 4.69) is 14.9 Å². The van der Waals surface area contributed by atoms with Gasteiger partial charge in [0.05, 0.1) is 11.4 Å². The summed E-state index contributed by atoms with van der Waals surface area (Å²) in [5.41, 5.74) is 2.52. The average molecular weight is 345 g/mol. The number of amides is 1. The third kappa shape index (κ3) is 3.67. The van der Waals surface area contributed by atoms with E-state index in [-0.39, 0.29) is 5.91 Å². The fourth-order valence-corrected chi connectivity index (χ4v) is 3.06. The number of hydrogen-bond donors (Lipinski definition) is 0. The molecule has 1 saturated heterocycles. The van der Waals surface area contributed by atoms with Gasteiger partial charge in [0.1, 0.15) is 5.82 Å². The highest BCUT2D eigenvalue weighted by atomic mass is 35.5. The van der Waals surface area contributed by atoms with E-state index >= 15 is 0 Å². The molecule has 0 N–H and O–H groups in total. The van der Waals surface area contributed by atoms with Gasteiger partial charge in [-0.15, -0.1) is 0 Å². The van der Waals surface area contributed by atoms with Gasteiger partial charge >= 0.3 is 0 Å². The monoisotopic (exact) mass is 344 g/mol. The lowest BCUT2D eigenvalue weighted by Gasteiger charge is -2.24. The zero-order valence-corrected chi connectivity index (χ0v) is 14.8. The number of rotatable bonds is 2. The summed E-state index contributed by atoms with van der Waals surface area (Å²) in [6.07, 6.45) is 2.70. The van der Waals surface area contributed by atoms with Gasteiger partial charge in [-0.25, -0.2) is 4.98 Å². The highest BCUT2D eigenvalue weighted by molar-refractivity contribution is 6.30.